The first-order valence-corrected chi connectivity index (χ1v) is 6.86. The fraction of sp³-hybridized carbons (Fsp3) is 0.714. The minimum atomic E-state index is 0. The molecule has 1 aliphatic rings. The van der Waals surface area contributed by atoms with E-state index >= 15 is 0 Å². The number of imidazole rings is 1. The molecule has 2 rings (SSSR count). The molecule has 1 unspecified atom stereocenters. The van der Waals surface area contributed by atoms with Crippen LogP contribution in [0.15, 0.2) is 12.4 Å². The van der Waals surface area contributed by atoms with Crippen LogP contribution in [0.4, 0.5) is 0 Å². The molecule has 0 bridgehead atoms. The van der Waals surface area contributed by atoms with Crippen LogP contribution in [-0.4, -0.2) is 40.0 Å². The number of aromatic nitrogens is 2. The molecule has 20 heavy (non-hydrogen) atoms. The number of halogens is 1. The van der Waals surface area contributed by atoms with Crippen molar-refractivity contribution in [2.45, 2.75) is 33.2 Å². The van der Waals surface area contributed by atoms with E-state index in [2.05, 4.69) is 31.1 Å². The second-order valence-electron chi connectivity index (χ2n) is 6.44. The molecule has 5 nitrogen and oxygen atoms in total. The maximum absolute atomic E-state index is 12.5. The first-order chi connectivity index (χ1) is 8.88. The molecule has 0 saturated carbocycles. The van der Waals surface area contributed by atoms with E-state index in [1.54, 1.807) is 6.20 Å². The fourth-order valence-corrected chi connectivity index (χ4v) is 2.49. The van der Waals surface area contributed by atoms with Crippen molar-refractivity contribution in [3.05, 3.63) is 18.2 Å². The number of carbonyl (C=O) groups excluding carboxylic acids is 1. The van der Waals surface area contributed by atoms with Crippen molar-refractivity contribution < 1.29 is 4.79 Å². The van der Waals surface area contributed by atoms with Crippen LogP contribution < -0.4 is 5.32 Å². The number of rotatable bonds is 2. The summed E-state index contributed by atoms with van der Waals surface area (Å²) in [6.45, 7) is 8.69. The van der Waals surface area contributed by atoms with E-state index in [9.17, 15) is 4.79 Å². The van der Waals surface area contributed by atoms with Gasteiger partial charge in [-0.2, -0.15) is 0 Å². The van der Waals surface area contributed by atoms with Crippen LogP contribution in [0.1, 0.15) is 39.1 Å². The van der Waals surface area contributed by atoms with Gasteiger partial charge in [0, 0.05) is 45.5 Å². The van der Waals surface area contributed by atoms with E-state index in [1.807, 2.05) is 22.7 Å². The maximum atomic E-state index is 12.5. The van der Waals surface area contributed by atoms with Gasteiger partial charge in [-0.25, -0.2) is 4.98 Å². The van der Waals surface area contributed by atoms with Gasteiger partial charge in [0.25, 0.3) is 0 Å². The van der Waals surface area contributed by atoms with E-state index in [0.717, 1.165) is 25.5 Å². The number of amides is 1. The fourth-order valence-electron chi connectivity index (χ4n) is 2.49. The number of nitrogens with zero attached hydrogens (tertiary/aromatic N) is 3. The SMILES string of the molecule is Cl.Cn1ccnc1C1CNCCN1C(=O)CC(C)(C)C. The Bertz CT molecular complexity index is 452. The highest BCUT2D eigenvalue weighted by molar-refractivity contribution is 5.85. The Morgan fingerprint density at radius 3 is 2.75 bits per heavy atom. The molecular formula is C14H25ClN4O. The van der Waals surface area contributed by atoms with Crippen molar-refractivity contribution in [1.82, 2.24) is 19.8 Å². The average molecular weight is 301 g/mol. The topological polar surface area (TPSA) is 50.2 Å². The molecule has 0 spiro atoms. The van der Waals surface area contributed by atoms with Crippen LogP contribution in [0.5, 0.6) is 0 Å². The van der Waals surface area contributed by atoms with Crippen molar-refractivity contribution in [3.63, 3.8) is 0 Å². The molecule has 1 aromatic rings. The van der Waals surface area contributed by atoms with Gasteiger partial charge in [0.1, 0.15) is 11.9 Å². The molecule has 1 fully saturated rings. The number of aryl methyl sites for hydroxylation is 1. The minimum absolute atomic E-state index is 0. The zero-order chi connectivity index (χ0) is 14.0. The third-order valence-electron chi connectivity index (χ3n) is 3.40. The molecule has 0 radical (unpaired) electrons. The predicted octanol–water partition coefficient (Wildman–Crippen LogP) is 1.75. The number of hydrogen-bond acceptors (Lipinski definition) is 3. The van der Waals surface area contributed by atoms with E-state index < -0.39 is 0 Å². The van der Waals surface area contributed by atoms with Crippen molar-refractivity contribution in [2.75, 3.05) is 19.6 Å². The van der Waals surface area contributed by atoms with Gasteiger partial charge in [-0.3, -0.25) is 4.79 Å². The highest BCUT2D eigenvalue weighted by Gasteiger charge is 2.31. The molecule has 1 N–H and O–H groups in total. The zero-order valence-electron chi connectivity index (χ0n) is 12.7. The molecular weight excluding hydrogens is 276 g/mol. The summed E-state index contributed by atoms with van der Waals surface area (Å²) in [4.78, 5) is 18.9. The van der Waals surface area contributed by atoms with E-state index in [4.69, 9.17) is 0 Å². The van der Waals surface area contributed by atoms with Gasteiger partial charge in [0.15, 0.2) is 0 Å². The predicted molar refractivity (Wildman–Crippen MR) is 81.9 cm³/mol. The van der Waals surface area contributed by atoms with E-state index in [0.29, 0.717) is 6.42 Å². The van der Waals surface area contributed by atoms with Crippen LogP contribution in [-0.2, 0) is 11.8 Å². The summed E-state index contributed by atoms with van der Waals surface area (Å²) in [6.07, 6.45) is 4.29. The van der Waals surface area contributed by atoms with Gasteiger partial charge in [0.05, 0.1) is 0 Å². The quantitative estimate of drug-likeness (QED) is 0.905. The highest BCUT2D eigenvalue weighted by Crippen LogP contribution is 2.26. The maximum Gasteiger partial charge on any atom is 0.223 e. The minimum Gasteiger partial charge on any atom is -0.336 e. The Balaban J connectivity index is 0.00000200. The molecule has 1 atom stereocenters. The lowest BCUT2D eigenvalue weighted by molar-refractivity contribution is -0.136. The number of piperazine rings is 1. The van der Waals surface area contributed by atoms with E-state index in [1.165, 1.54) is 0 Å². The van der Waals surface area contributed by atoms with Gasteiger partial charge >= 0.3 is 0 Å². The number of carbonyl (C=O) groups is 1. The van der Waals surface area contributed by atoms with Crippen LogP contribution >= 0.6 is 12.4 Å². The molecule has 6 heteroatoms. The Hall–Kier alpha value is -1.07. The van der Waals surface area contributed by atoms with Crippen LogP contribution in [0.3, 0.4) is 0 Å². The smallest absolute Gasteiger partial charge is 0.223 e. The van der Waals surface area contributed by atoms with E-state index in [-0.39, 0.29) is 29.8 Å². The summed E-state index contributed by atoms with van der Waals surface area (Å²) in [5, 5.41) is 3.35. The summed E-state index contributed by atoms with van der Waals surface area (Å²) in [5.41, 5.74) is 0.0220. The third-order valence-corrected chi connectivity index (χ3v) is 3.40. The Morgan fingerprint density at radius 2 is 2.20 bits per heavy atom. The molecule has 2 heterocycles. The van der Waals surface area contributed by atoms with Gasteiger partial charge in [-0.15, -0.1) is 12.4 Å². The summed E-state index contributed by atoms with van der Waals surface area (Å²) in [6, 6.07) is 0.0450. The molecule has 114 valence electrons. The average Bonchev–Trinajstić information content (AvgIpc) is 2.73. The number of hydrogen-bond donors (Lipinski definition) is 1. The molecule has 0 aromatic carbocycles. The van der Waals surface area contributed by atoms with Crippen LogP contribution in [0.25, 0.3) is 0 Å². The number of nitrogens with one attached hydrogen (secondary N) is 1. The summed E-state index contributed by atoms with van der Waals surface area (Å²) in [7, 11) is 1.98. The largest absolute Gasteiger partial charge is 0.336 e. The van der Waals surface area contributed by atoms with Crippen molar-refractivity contribution >= 4 is 18.3 Å². The Labute approximate surface area is 127 Å². The second kappa shape index (κ2) is 6.59. The third kappa shape index (κ3) is 3.96. The zero-order valence-corrected chi connectivity index (χ0v) is 13.5. The molecule has 1 saturated heterocycles. The van der Waals surface area contributed by atoms with Crippen molar-refractivity contribution in [2.24, 2.45) is 12.5 Å². The lowest BCUT2D eigenvalue weighted by Gasteiger charge is -2.37. The molecule has 1 aromatic heterocycles. The molecule has 1 amide bonds. The van der Waals surface area contributed by atoms with Gasteiger partial charge in [-0.1, -0.05) is 20.8 Å². The van der Waals surface area contributed by atoms with Gasteiger partial charge in [-0.05, 0) is 5.41 Å². The standard InChI is InChI=1S/C14H24N4O.ClH/c1-14(2,3)9-12(19)18-8-5-15-10-11(18)13-16-6-7-17(13)4;/h6-7,11,15H,5,8-10H2,1-4H3;1H. The van der Waals surface area contributed by atoms with Crippen LogP contribution in [0, 0.1) is 5.41 Å². The Kier molecular flexibility index (Phi) is 5.59. The first-order valence-electron chi connectivity index (χ1n) is 6.86. The summed E-state index contributed by atoms with van der Waals surface area (Å²) in [5.74, 6) is 1.18. The normalized spacial score (nSPS) is 19.6. The van der Waals surface area contributed by atoms with Crippen molar-refractivity contribution in [3.8, 4) is 0 Å². The first kappa shape index (κ1) is 17.0. The Morgan fingerprint density at radius 1 is 1.50 bits per heavy atom. The summed E-state index contributed by atoms with van der Waals surface area (Å²) >= 11 is 0. The lowest BCUT2D eigenvalue weighted by Crippen LogP contribution is -2.50. The lowest BCUT2D eigenvalue weighted by atomic mass is 9.91. The second-order valence-corrected chi connectivity index (χ2v) is 6.44. The monoisotopic (exact) mass is 300 g/mol. The highest BCUT2D eigenvalue weighted by atomic mass is 35.5. The van der Waals surface area contributed by atoms with Gasteiger partial charge in [0.2, 0.25) is 5.91 Å². The molecule has 1 aliphatic heterocycles. The van der Waals surface area contributed by atoms with Crippen molar-refractivity contribution in [1.29, 1.82) is 0 Å². The molecule has 0 aliphatic carbocycles. The summed E-state index contributed by atoms with van der Waals surface area (Å²) < 4.78 is 2.00. The van der Waals surface area contributed by atoms with Crippen LogP contribution in [0.2, 0.25) is 0 Å². The van der Waals surface area contributed by atoms with Gasteiger partial charge < -0.3 is 14.8 Å².